The molecule has 1 aliphatic rings. The van der Waals surface area contributed by atoms with Gasteiger partial charge < -0.3 is 20.3 Å². The van der Waals surface area contributed by atoms with Crippen LogP contribution in [0.1, 0.15) is 34.3 Å². The van der Waals surface area contributed by atoms with Crippen LogP contribution in [0.5, 0.6) is 0 Å². The molecule has 11 heteroatoms. The highest BCUT2D eigenvalue weighted by Crippen LogP contribution is 2.33. The van der Waals surface area contributed by atoms with Crippen LogP contribution in [0.25, 0.3) is 22.6 Å². The molecule has 2 aromatic carbocycles. The Balaban J connectivity index is 1.60. The van der Waals surface area contributed by atoms with Crippen molar-refractivity contribution in [1.29, 1.82) is 0 Å². The minimum absolute atomic E-state index is 0.0893. The lowest BCUT2D eigenvalue weighted by atomic mass is 10.0. The zero-order chi connectivity index (χ0) is 25.5. The smallest absolute Gasteiger partial charge is 0.416 e. The number of carbonyl (C=O) groups is 3. The van der Waals surface area contributed by atoms with Crippen LogP contribution in [-0.4, -0.2) is 43.4 Å². The van der Waals surface area contributed by atoms with Gasteiger partial charge in [-0.3, -0.25) is 14.4 Å². The Morgan fingerprint density at radius 2 is 1.80 bits per heavy atom. The fraction of sp³-hybridized carbons (Fsp3) is 0.250. The predicted molar refractivity (Wildman–Crippen MR) is 119 cm³/mol. The fourth-order valence-corrected chi connectivity index (χ4v) is 4.15. The number of rotatable bonds is 7. The molecule has 0 aliphatic carbocycles. The number of fused-ring (bicyclic) bond motifs is 1. The summed E-state index contributed by atoms with van der Waals surface area (Å²) in [5, 5.41) is 8.93. The van der Waals surface area contributed by atoms with Gasteiger partial charge in [0.2, 0.25) is 5.91 Å². The number of alkyl halides is 3. The van der Waals surface area contributed by atoms with E-state index in [9.17, 15) is 27.6 Å². The topological polar surface area (TPSA) is 119 Å². The molecule has 3 aromatic rings. The van der Waals surface area contributed by atoms with Crippen LogP contribution in [0, 0.1) is 0 Å². The molecule has 2 heterocycles. The molecule has 0 spiro atoms. The van der Waals surface area contributed by atoms with Gasteiger partial charge >= 0.3 is 12.1 Å². The van der Waals surface area contributed by atoms with Gasteiger partial charge in [0.25, 0.3) is 5.91 Å². The molecule has 0 radical (unpaired) electrons. The maximum Gasteiger partial charge on any atom is 0.416 e. The van der Waals surface area contributed by atoms with Crippen molar-refractivity contribution in [2.75, 3.05) is 0 Å². The molecule has 2 amide bonds. The number of primary amides is 1. The van der Waals surface area contributed by atoms with Crippen molar-refractivity contribution in [3.8, 4) is 22.6 Å². The molecule has 8 nitrogen and oxygen atoms in total. The molecule has 4 rings (SSSR count). The summed E-state index contributed by atoms with van der Waals surface area (Å²) in [5.74, 6) is -1.82. The van der Waals surface area contributed by atoms with Gasteiger partial charge in [0.1, 0.15) is 11.9 Å². The van der Waals surface area contributed by atoms with E-state index >= 15 is 0 Å². The number of aliphatic carboxylic acids is 1. The van der Waals surface area contributed by atoms with E-state index in [0.717, 1.165) is 12.1 Å². The third-order valence-electron chi connectivity index (χ3n) is 5.92. The Morgan fingerprint density at radius 3 is 2.40 bits per heavy atom. The molecular formula is C24H21F3N4O4. The number of imidazole rings is 1. The van der Waals surface area contributed by atoms with Gasteiger partial charge in [0, 0.05) is 42.9 Å². The maximum absolute atomic E-state index is 12.9. The first-order valence-electron chi connectivity index (χ1n) is 10.6. The SMILES string of the molecule is Cn1cc(-c2ccc3c(c2)CN(C(CCC(=O)O)C(N)=O)C3=O)nc1-c1ccc(C(F)(F)F)cc1. The highest BCUT2D eigenvalue weighted by Gasteiger charge is 2.36. The summed E-state index contributed by atoms with van der Waals surface area (Å²) in [7, 11) is 1.72. The first-order chi connectivity index (χ1) is 16.5. The molecule has 1 unspecified atom stereocenters. The number of hydrogen-bond donors (Lipinski definition) is 2. The average molecular weight is 486 g/mol. The van der Waals surface area contributed by atoms with Crippen molar-refractivity contribution in [1.82, 2.24) is 14.5 Å². The molecule has 0 bridgehead atoms. The van der Waals surface area contributed by atoms with Crippen LogP contribution in [0.2, 0.25) is 0 Å². The van der Waals surface area contributed by atoms with Crippen molar-refractivity contribution < 1.29 is 32.7 Å². The van der Waals surface area contributed by atoms with Crippen molar-refractivity contribution in [3.63, 3.8) is 0 Å². The van der Waals surface area contributed by atoms with Crippen LogP contribution in [0.15, 0.2) is 48.7 Å². The average Bonchev–Trinajstić information content (AvgIpc) is 3.33. The van der Waals surface area contributed by atoms with Gasteiger partial charge in [-0.2, -0.15) is 13.2 Å². The third-order valence-corrected chi connectivity index (χ3v) is 5.92. The van der Waals surface area contributed by atoms with Gasteiger partial charge in [-0.15, -0.1) is 0 Å². The quantitative estimate of drug-likeness (QED) is 0.530. The van der Waals surface area contributed by atoms with E-state index in [2.05, 4.69) is 4.98 Å². The van der Waals surface area contributed by atoms with E-state index in [-0.39, 0.29) is 19.4 Å². The summed E-state index contributed by atoms with van der Waals surface area (Å²) in [6.45, 7) is 0.0911. The predicted octanol–water partition coefficient (Wildman–Crippen LogP) is 3.45. The number of halogens is 3. The zero-order valence-electron chi connectivity index (χ0n) is 18.5. The standard InChI is InChI=1S/C24H21F3N4O4/c1-30-12-18(29-22(30)13-2-5-16(6-3-13)24(25,26)27)14-4-7-17-15(10-14)11-31(23(17)35)19(21(28)34)8-9-20(32)33/h2-7,10,12,19H,8-9,11H2,1H3,(H2,28,34)(H,32,33). The number of carboxylic acids is 1. The van der Waals surface area contributed by atoms with Crippen LogP contribution in [0.4, 0.5) is 13.2 Å². The van der Waals surface area contributed by atoms with Crippen LogP contribution in [0.3, 0.4) is 0 Å². The second-order valence-electron chi connectivity index (χ2n) is 8.29. The largest absolute Gasteiger partial charge is 0.481 e. The molecule has 3 N–H and O–H groups in total. The van der Waals surface area contributed by atoms with Gasteiger partial charge in [0.15, 0.2) is 0 Å². The van der Waals surface area contributed by atoms with Gasteiger partial charge in [-0.1, -0.05) is 18.2 Å². The van der Waals surface area contributed by atoms with E-state index in [1.54, 1.807) is 36.0 Å². The van der Waals surface area contributed by atoms with Gasteiger partial charge in [0.05, 0.1) is 11.3 Å². The summed E-state index contributed by atoms with van der Waals surface area (Å²) in [6, 6.07) is 8.71. The Kier molecular flexibility index (Phi) is 6.10. The Labute approximate surface area is 197 Å². The zero-order valence-corrected chi connectivity index (χ0v) is 18.5. The lowest BCUT2D eigenvalue weighted by Gasteiger charge is -2.24. The van der Waals surface area contributed by atoms with E-state index < -0.39 is 35.6 Å². The molecular weight excluding hydrogens is 465 g/mol. The number of aromatic nitrogens is 2. The van der Waals surface area contributed by atoms with E-state index in [1.807, 2.05) is 0 Å². The third kappa shape index (κ3) is 4.75. The lowest BCUT2D eigenvalue weighted by Crippen LogP contribution is -2.45. The molecule has 182 valence electrons. The molecule has 1 atom stereocenters. The van der Waals surface area contributed by atoms with Crippen LogP contribution >= 0.6 is 0 Å². The normalized spacial score (nSPS) is 14.2. The molecule has 0 saturated heterocycles. The van der Waals surface area contributed by atoms with Crippen molar-refractivity contribution in [3.05, 3.63) is 65.4 Å². The van der Waals surface area contributed by atoms with E-state index in [4.69, 9.17) is 10.8 Å². The summed E-state index contributed by atoms with van der Waals surface area (Å²) in [6.07, 6.45) is -3.10. The number of nitrogens with zero attached hydrogens (tertiary/aromatic N) is 3. The molecule has 35 heavy (non-hydrogen) atoms. The minimum Gasteiger partial charge on any atom is -0.481 e. The molecule has 1 aromatic heterocycles. The Bertz CT molecular complexity index is 1320. The van der Waals surface area contributed by atoms with E-state index in [1.165, 1.54) is 17.0 Å². The van der Waals surface area contributed by atoms with E-state index in [0.29, 0.717) is 33.8 Å². The van der Waals surface area contributed by atoms with Crippen LogP contribution < -0.4 is 5.73 Å². The first-order valence-corrected chi connectivity index (χ1v) is 10.6. The Hall–Kier alpha value is -4.15. The number of carboxylic acid groups (broad SMARTS) is 1. The number of nitrogens with two attached hydrogens (primary N) is 1. The monoisotopic (exact) mass is 486 g/mol. The fourth-order valence-electron chi connectivity index (χ4n) is 4.15. The summed E-state index contributed by atoms with van der Waals surface area (Å²) in [4.78, 5) is 41.5. The molecule has 0 fully saturated rings. The summed E-state index contributed by atoms with van der Waals surface area (Å²) < 4.78 is 40.3. The van der Waals surface area contributed by atoms with Crippen molar-refractivity contribution in [2.24, 2.45) is 12.8 Å². The minimum atomic E-state index is -4.43. The second kappa shape index (κ2) is 8.90. The Morgan fingerprint density at radius 1 is 1.14 bits per heavy atom. The summed E-state index contributed by atoms with van der Waals surface area (Å²) >= 11 is 0. The molecule has 0 saturated carbocycles. The maximum atomic E-state index is 12.9. The summed E-state index contributed by atoms with van der Waals surface area (Å²) in [5.41, 5.74) is 7.43. The number of amides is 2. The van der Waals surface area contributed by atoms with Crippen LogP contribution in [-0.2, 0) is 29.4 Å². The van der Waals surface area contributed by atoms with Crippen molar-refractivity contribution >= 4 is 17.8 Å². The molecule has 1 aliphatic heterocycles. The number of hydrogen-bond acceptors (Lipinski definition) is 4. The number of carbonyl (C=O) groups excluding carboxylic acids is 2. The van der Waals surface area contributed by atoms with Crippen molar-refractivity contribution in [2.45, 2.75) is 31.6 Å². The number of benzene rings is 2. The second-order valence-corrected chi connectivity index (χ2v) is 8.29. The van der Waals surface area contributed by atoms with Gasteiger partial charge in [-0.25, -0.2) is 4.98 Å². The number of aryl methyl sites for hydroxylation is 1. The lowest BCUT2D eigenvalue weighted by molar-refractivity contribution is -0.138. The van der Waals surface area contributed by atoms with Gasteiger partial charge in [-0.05, 0) is 36.2 Å². The highest BCUT2D eigenvalue weighted by atomic mass is 19.4. The first kappa shape index (κ1) is 24.0. The highest BCUT2D eigenvalue weighted by molar-refractivity contribution is 6.01.